The number of aliphatic hydroxyl groups is 1. The number of aryl methyl sites for hydroxylation is 1. The number of furan rings is 1. The van der Waals surface area contributed by atoms with E-state index in [2.05, 4.69) is 0 Å². The Morgan fingerprint density at radius 3 is 2.52 bits per heavy atom. The van der Waals surface area contributed by atoms with Gasteiger partial charge in [0, 0.05) is 11.6 Å². The van der Waals surface area contributed by atoms with Crippen molar-refractivity contribution in [3.63, 3.8) is 0 Å². The molecule has 33 heavy (non-hydrogen) atoms. The fourth-order valence-corrected chi connectivity index (χ4v) is 3.77. The first-order valence-corrected chi connectivity index (χ1v) is 10.3. The number of aliphatic hydroxyl groups excluding tert-OH is 1. The van der Waals surface area contributed by atoms with Gasteiger partial charge in [-0.25, -0.2) is 8.78 Å². The molecule has 8 heteroatoms. The number of hydrogen-bond acceptors (Lipinski definition) is 5. The highest BCUT2D eigenvalue weighted by atomic mass is 19.1. The molecule has 2 aromatic carbocycles. The Labute approximate surface area is 188 Å². The molecular formula is C25H21F2NO5. The van der Waals surface area contributed by atoms with Crippen molar-refractivity contribution < 1.29 is 32.6 Å². The third kappa shape index (κ3) is 4.11. The Bertz CT molecular complexity index is 1280. The van der Waals surface area contributed by atoms with Crippen molar-refractivity contribution in [1.82, 2.24) is 0 Å². The summed E-state index contributed by atoms with van der Waals surface area (Å²) in [6.45, 7) is 5.33. The van der Waals surface area contributed by atoms with Crippen LogP contribution in [0.1, 0.15) is 37.0 Å². The lowest BCUT2D eigenvalue weighted by molar-refractivity contribution is -0.132. The van der Waals surface area contributed by atoms with Gasteiger partial charge in [-0.1, -0.05) is 12.1 Å². The Morgan fingerprint density at radius 1 is 1.09 bits per heavy atom. The Balaban J connectivity index is 1.92. The Kier molecular flexibility index (Phi) is 5.76. The number of Topliss-reactive ketones (excluding diaryl/α,β-unsaturated/α-hetero) is 1. The lowest BCUT2D eigenvalue weighted by Gasteiger charge is -2.24. The van der Waals surface area contributed by atoms with Crippen LogP contribution in [0.15, 0.2) is 64.6 Å². The van der Waals surface area contributed by atoms with Crippen molar-refractivity contribution in [2.45, 2.75) is 32.9 Å². The highest BCUT2D eigenvalue weighted by Crippen LogP contribution is 2.43. The number of ether oxygens (including phenoxy) is 1. The number of halogens is 2. The summed E-state index contributed by atoms with van der Waals surface area (Å²) in [5.74, 6) is -3.31. The van der Waals surface area contributed by atoms with Crippen molar-refractivity contribution in [2.24, 2.45) is 0 Å². The summed E-state index contributed by atoms with van der Waals surface area (Å²) in [5.41, 5.74) is -0.522. The van der Waals surface area contributed by atoms with Crippen LogP contribution >= 0.6 is 0 Å². The molecule has 1 aliphatic rings. The number of rotatable bonds is 5. The summed E-state index contributed by atoms with van der Waals surface area (Å²) < 4.78 is 39.9. The molecule has 1 atom stereocenters. The summed E-state index contributed by atoms with van der Waals surface area (Å²) in [7, 11) is 0. The second-order valence-electron chi connectivity index (χ2n) is 7.91. The van der Waals surface area contributed by atoms with Gasteiger partial charge in [-0.15, -0.1) is 0 Å². The van der Waals surface area contributed by atoms with E-state index in [4.69, 9.17) is 9.15 Å². The number of carbonyl (C=O) groups excluding carboxylic acids is 2. The van der Waals surface area contributed by atoms with Gasteiger partial charge >= 0.3 is 0 Å². The lowest BCUT2D eigenvalue weighted by Crippen LogP contribution is -2.30. The van der Waals surface area contributed by atoms with E-state index in [-0.39, 0.29) is 23.0 Å². The molecule has 0 bridgehead atoms. The first kappa shape index (κ1) is 22.3. The molecule has 0 aliphatic carbocycles. The zero-order valence-electron chi connectivity index (χ0n) is 18.1. The van der Waals surface area contributed by atoms with Crippen molar-refractivity contribution in [2.75, 3.05) is 4.90 Å². The molecule has 1 aromatic heterocycles. The molecule has 1 amide bonds. The zero-order chi connectivity index (χ0) is 23.9. The second-order valence-corrected chi connectivity index (χ2v) is 7.91. The van der Waals surface area contributed by atoms with Crippen LogP contribution in [0.4, 0.5) is 14.5 Å². The molecule has 1 N–H and O–H groups in total. The first-order chi connectivity index (χ1) is 15.7. The van der Waals surface area contributed by atoms with E-state index in [0.29, 0.717) is 11.5 Å². The fourth-order valence-electron chi connectivity index (χ4n) is 3.77. The third-order valence-corrected chi connectivity index (χ3v) is 5.12. The van der Waals surface area contributed by atoms with E-state index in [1.165, 1.54) is 12.1 Å². The van der Waals surface area contributed by atoms with Crippen LogP contribution in [0.3, 0.4) is 0 Å². The van der Waals surface area contributed by atoms with Crippen LogP contribution in [0.25, 0.3) is 5.76 Å². The largest absolute Gasteiger partial charge is 0.507 e. The maximum atomic E-state index is 14.6. The quantitative estimate of drug-likeness (QED) is 0.323. The number of hydrogen-bond donors (Lipinski definition) is 1. The maximum Gasteiger partial charge on any atom is 0.300 e. The van der Waals surface area contributed by atoms with Crippen LogP contribution in [-0.2, 0) is 9.59 Å². The Hall–Kier alpha value is -3.94. The SMILES string of the molecule is Cc1ccc(C2/C(=C(/O)c3cccc(OC(C)C)c3)C(=O)C(=O)N2c2cc(F)ccc2F)o1. The predicted molar refractivity (Wildman–Crippen MR) is 117 cm³/mol. The molecule has 2 heterocycles. The molecule has 4 rings (SSSR count). The third-order valence-electron chi connectivity index (χ3n) is 5.12. The summed E-state index contributed by atoms with van der Waals surface area (Å²) in [6.07, 6.45) is -0.130. The van der Waals surface area contributed by atoms with Gasteiger partial charge in [0.1, 0.15) is 40.7 Å². The van der Waals surface area contributed by atoms with E-state index in [9.17, 15) is 23.5 Å². The number of carbonyl (C=O) groups is 2. The number of anilines is 1. The standard InChI is InChI=1S/C25H21F2NO5/c1-13(2)32-17-6-4-5-15(11-17)23(29)21-22(20-10-7-14(3)33-20)28(25(31)24(21)30)19-12-16(26)8-9-18(19)27/h4-13,22,29H,1-3H3/b23-21-. The van der Waals surface area contributed by atoms with Gasteiger partial charge in [-0.2, -0.15) is 0 Å². The zero-order valence-corrected chi connectivity index (χ0v) is 18.1. The smallest absolute Gasteiger partial charge is 0.300 e. The number of benzene rings is 2. The van der Waals surface area contributed by atoms with Crippen molar-refractivity contribution in [3.8, 4) is 5.75 Å². The average molecular weight is 453 g/mol. The van der Waals surface area contributed by atoms with Crippen molar-refractivity contribution in [3.05, 3.63) is 88.9 Å². The molecule has 1 saturated heterocycles. The van der Waals surface area contributed by atoms with E-state index in [1.807, 2.05) is 13.8 Å². The van der Waals surface area contributed by atoms with Crippen molar-refractivity contribution >= 4 is 23.1 Å². The van der Waals surface area contributed by atoms with Crippen LogP contribution in [0.2, 0.25) is 0 Å². The molecule has 1 fully saturated rings. The van der Waals surface area contributed by atoms with Gasteiger partial charge in [-0.05, 0) is 57.2 Å². The minimum absolute atomic E-state index is 0.117. The lowest BCUT2D eigenvalue weighted by atomic mass is 9.99. The maximum absolute atomic E-state index is 14.6. The van der Waals surface area contributed by atoms with Gasteiger partial charge in [0.15, 0.2) is 0 Å². The average Bonchev–Trinajstić information content (AvgIpc) is 3.30. The topological polar surface area (TPSA) is 80.0 Å². The van der Waals surface area contributed by atoms with Gasteiger partial charge in [0.05, 0.1) is 17.4 Å². The van der Waals surface area contributed by atoms with E-state index < -0.39 is 40.8 Å². The van der Waals surface area contributed by atoms with Crippen LogP contribution in [-0.4, -0.2) is 22.9 Å². The van der Waals surface area contributed by atoms with Gasteiger partial charge in [-0.3, -0.25) is 14.5 Å². The van der Waals surface area contributed by atoms with E-state index in [0.717, 1.165) is 23.1 Å². The number of ketones is 1. The summed E-state index contributed by atoms with van der Waals surface area (Å²) >= 11 is 0. The van der Waals surface area contributed by atoms with Gasteiger partial charge < -0.3 is 14.3 Å². The molecule has 0 radical (unpaired) electrons. The monoisotopic (exact) mass is 453 g/mol. The summed E-state index contributed by atoms with van der Waals surface area (Å²) in [6, 6.07) is 10.8. The van der Waals surface area contributed by atoms with E-state index in [1.54, 1.807) is 31.2 Å². The molecule has 1 unspecified atom stereocenters. The van der Waals surface area contributed by atoms with Gasteiger partial charge in [0.25, 0.3) is 11.7 Å². The van der Waals surface area contributed by atoms with Crippen molar-refractivity contribution in [1.29, 1.82) is 0 Å². The molecule has 0 spiro atoms. The normalized spacial score (nSPS) is 17.8. The fraction of sp³-hybridized carbons (Fsp3) is 0.200. The van der Waals surface area contributed by atoms with Crippen LogP contribution < -0.4 is 9.64 Å². The van der Waals surface area contributed by atoms with E-state index >= 15 is 0 Å². The van der Waals surface area contributed by atoms with Crippen LogP contribution in [0, 0.1) is 18.6 Å². The number of nitrogens with zero attached hydrogens (tertiary/aromatic N) is 1. The highest BCUT2D eigenvalue weighted by molar-refractivity contribution is 6.51. The minimum Gasteiger partial charge on any atom is -0.507 e. The predicted octanol–water partition coefficient (Wildman–Crippen LogP) is 5.28. The molecular weight excluding hydrogens is 432 g/mol. The Morgan fingerprint density at radius 2 is 1.85 bits per heavy atom. The molecule has 170 valence electrons. The highest BCUT2D eigenvalue weighted by Gasteiger charge is 2.49. The first-order valence-electron chi connectivity index (χ1n) is 10.3. The summed E-state index contributed by atoms with van der Waals surface area (Å²) in [5, 5.41) is 11.1. The number of amides is 1. The molecule has 3 aromatic rings. The molecule has 6 nitrogen and oxygen atoms in total. The van der Waals surface area contributed by atoms with Gasteiger partial charge in [0.2, 0.25) is 0 Å². The minimum atomic E-state index is -1.30. The van der Waals surface area contributed by atoms with Crippen LogP contribution in [0.5, 0.6) is 5.75 Å². The summed E-state index contributed by atoms with van der Waals surface area (Å²) in [4.78, 5) is 26.9. The molecule has 0 saturated carbocycles. The molecule has 1 aliphatic heterocycles. The second kappa shape index (κ2) is 8.54.